The Balaban J connectivity index is 1.95. The maximum atomic E-state index is 12.5. The number of Topliss-reactive ketones (excluding diaryl/α,β-unsaturated/α-hetero) is 1. The highest BCUT2D eigenvalue weighted by Gasteiger charge is 2.40. The third kappa shape index (κ3) is 3.46. The number of fused-ring (bicyclic) bond motifs is 2. The van der Waals surface area contributed by atoms with Crippen LogP contribution < -0.4 is 0 Å². The second-order valence-corrected chi connectivity index (χ2v) is 6.84. The van der Waals surface area contributed by atoms with Crippen molar-refractivity contribution in [3.05, 3.63) is 0 Å². The summed E-state index contributed by atoms with van der Waals surface area (Å²) in [5.74, 6) is -0.454. The number of likely N-dealkylation sites (tertiary alicyclic amines) is 1. The molecule has 5 nitrogen and oxygen atoms in total. The van der Waals surface area contributed by atoms with Gasteiger partial charge in [0.1, 0.15) is 5.41 Å². The van der Waals surface area contributed by atoms with Crippen LogP contribution in [-0.4, -0.2) is 66.9 Å². The molecule has 2 aliphatic heterocycles. The van der Waals surface area contributed by atoms with Crippen LogP contribution in [0.25, 0.3) is 0 Å². The molecular weight excluding hydrogens is 268 g/mol. The fourth-order valence-corrected chi connectivity index (χ4v) is 3.35. The highest BCUT2D eigenvalue weighted by Crippen LogP contribution is 2.29. The minimum Gasteiger partial charge on any atom is -0.465 e. The zero-order valence-corrected chi connectivity index (χ0v) is 13.7. The largest absolute Gasteiger partial charge is 0.465 e. The lowest BCUT2D eigenvalue weighted by Crippen LogP contribution is -2.44. The van der Waals surface area contributed by atoms with Crippen molar-refractivity contribution in [1.82, 2.24) is 9.80 Å². The van der Waals surface area contributed by atoms with Gasteiger partial charge in [-0.15, -0.1) is 0 Å². The first kappa shape index (κ1) is 16.4. The zero-order valence-electron chi connectivity index (χ0n) is 13.7. The van der Waals surface area contributed by atoms with Crippen LogP contribution in [0.1, 0.15) is 40.0 Å². The van der Waals surface area contributed by atoms with Crippen molar-refractivity contribution in [2.45, 2.75) is 52.1 Å². The Morgan fingerprint density at radius 1 is 1.19 bits per heavy atom. The fraction of sp³-hybridized carbons (Fsp3) is 0.875. The molecule has 0 N–H and O–H groups in total. The summed E-state index contributed by atoms with van der Waals surface area (Å²) in [4.78, 5) is 29.1. The molecule has 2 fully saturated rings. The SMILES string of the molecule is CCOC(=O)C(C)(C)C(=O)CN1CCC2CCC(C1)N2C. The highest BCUT2D eigenvalue weighted by atomic mass is 16.5. The molecular formula is C16H28N2O3. The van der Waals surface area contributed by atoms with E-state index in [-0.39, 0.29) is 5.78 Å². The molecule has 0 aromatic rings. The van der Waals surface area contributed by atoms with Gasteiger partial charge in [-0.25, -0.2) is 0 Å². The third-order valence-electron chi connectivity index (χ3n) is 5.08. The molecule has 2 bridgehead atoms. The summed E-state index contributed by atoms with van der Waals surface area (Å²) in [6.45, 7) is 7.64. The molecule has 0 radical (unpaired) electrons. The molecule has 2 aliphatic rings. The zero-order chi connectivity index (χ0) is 15.6. The molecule has 0 aromatic heterocycles. The lowest BCUT2D eigenvalue weighted by atomic mass is 9.87. The second-order valence-electron chi connectivity index (χ2n) is 6.84. The average molecular weight is 296 g/mol. The third-order valence-corrected chi connectivity index (χ3v) is 5.08. The Hall–Kier alpha value is -0.940. The van der Waals surface area contributed by atoms with Gasteiger partial charge in [-0.1, -0.05) is 0 Å². The molecule has 0 aliphatic carbocycles. The van der Waals surface area contributed by atoms with E-state index in [2.05, 4.69) is 16.8 Å². The van der Waals surface area contributed by atoms with E-state index in [9.17, 15) is 9.59 Å². The summed E-state index contributed by atoms with van der Waals surface area (Å²) in [5.41, 5.74) is -1.05. The van der Waals surface area contributed by atoms with Gasteiger partial charge in [-0.3, -0.25) is 19.4 Å². The van der Waals surface area contributed by atoms with E-state index in [0.29, 0.717) is 25.2 Å². The van der Waals surface area contributed by atoms with Crippen LogP contribution in [0, 0.1) is 5.41 Å². The number of hydrogen-bond acceptors (Lipinski definition) is 5. The van der Waals surface area contributed by atoms with Crippen LogP contribution >= 0.6 is 0 Å². The molecule has 0 spiro atoms. The number of nitrogens with zero attached hydrogens (tertiary/aromatic N) is 2. The van der Waals surface area contributed by atoms with Crippen molar-refractivity contribution in [2.24, 2.45) is 5.41 Å². The van der Waals surface area contributed by atoms with Gasteiger partial charge in [0, 0.05) is 25.2 Å². The summed E-state index contributed by atoms with van der Waals surface area (Å²) in [6, 6.07) is 1.21. The van der Waals surface area contributed by atoms with Gasteiger partial charge in [0.15, 0.2) is 5.78 Å². The maximum Gasteiger partial charge on any atom is 0.319 e. The van der Waals surface area contributed by atoms with Crippen molar-refractivity contribution >= 4 is 11.8 Å². The number of carbonyl (C=O) groups excluding carboxylic acids is 2. The molecule has 2 atom stereocenters. The van der Waals surface area contributed by atoms with E-state index in [1.165, 1.54) is 12.8 Å². The molecule has 2 unspecified atom stereocenters. The van der Waals surface area contributed by atoms with Crippen LogP contribution in [0.3, 0.4) is 0 Å². The molecule has 21 heavy (non-hydrogen) atoms. The van der Waals surface area contributed by atoms with E-state index >= 15 is 0 Å². The maximum absolute atomic E-state index is 12.5. The summed E-state index contributed by atoms with van der Waals surface area (Å²) >= 11 is 0. The smallest absolute Gasteiger partial charge is 0.319 e. The normalized spacial score (nSPS) is 27.4. The van der Waals surface area contributed by atoms with Gasteiger partial charge in [-0.2, -0.15) is 0 Å². The molecule has 2 heterocycles. The van der Waals surface area contributed by atoms with Gasteiger partial charge < -0.3 is 4.74 Å². The Bertz CT molecular complexity index is 408. The minimum absolute atomic E-state index is 0.0404. The van der Waals surface area contributed by atoms with E-state index in [1.54, 1.807) is 20.8 Å². The lowest BCUT2D eigenvalue weighted by molar-refractivity contribution is -0.158. The van der Waals surface area contributed by atoms with Gasteiger partial charge >= 0.3 is 5.97 Å². The predicted molar refractivity (Wildman–Crippen MR) is 81.1 cm³/mol. The average Bonchev–Trinajstić information content (AvgIpc) is 2.67. The van der Waals surface area contributed by atoms with E-state index in [1.807, 2.05) is 0 Å². The Morgan fingerprint density at radius 3 is 2.52 bits per heavy atom. The Labute approximate surface area is 127 Å². The first-order valence-corrected chi connectivity index (χ1v) is 8.01. The molecule has 2 rings (SSSR count). The highest BCUT2D eigenvalue weighted by molar-refractivity contribution is 6.03. The molecule has 120 valence electrons. The monoisotopic (exact) mass is 296 g/mol. The van der Waals surface area contributed by atoms with Crippen molar-refractivity contribution in [3.63, 3.8) is 0 Å². The summed E-state index contributed by atoms with van der Waals surface area (Å²) < 4.78 is 5.02. The molecule has 0 saturated carbocycles. The molecule has 0 amide bonds. The molecule has 5 heteroatoms. The predicted octanol–water partition coefficient (Wildman–Crippen LogP) is 1.31. The van der Waals surface area contributed by atoms with Gasteiger partial charge in [-0.05, 0) is 47.1 Å². The van der Waals surface area contributed by atoms with Crippen LogP contribution in [0.4, 0.5) is 0 Å². The topological polar surface area (TPSA) is 49.9 Å². The molecule has 2 saturated heterocycles. The first-order valence-electron chi connectivity index (χ1n) is 8.01. The number of rotatable bonds is 5. The Morgan fingerprint density at radius 2 is 1.86 bits per heavy atom. The number of hydrogen-bond donors (Lipinski definition) is 0. The van der Waals surface area contributed by atoms with Crippen molar-refractivity contribution in [3.8, 4) is 0 Å². The fourth-order valence-electron chi connectivity index (χ4n) is 3.35. The van der Waals surface area contributed by atoms with E-state index in [4.69, 9.17) is 4.74 Å². The van der Waals surface area contributed by atoms with E-state index < -0.39 is 11.4 Å². The van der Waals surface area contributed by atoms with Crippen LogP contribution in [0.2, 0.25) is 0 Å². The number of esters is 1. The summed E-state index contributed by atoms with van der Waals surface area (Å²) in [6.07, 6.45) is 3.60. The van der Waals surface area contributed by atoms with Gasteiger partial charge in [0.25, 0.3) is 0 Å². The lowest BCUT2D eigenvalue weighted by Gasteiger charge is -2.28. The quantitative estimate of drug-likeness (QED) is 0.565. The Kier molecular flexibility index (Phi) is 5.04. The first-order chi connectivity index (χ1) is 9.86. The number of ether oxygens (including phenoxy) is 1. The van der Waals surface area contributed by atoms with Crippen LogP contribution in [0.15, 0.2) is 0 Å². The van der Waals surface area contributed by atoms with Gasteiger partial charge in [0.2, 0.25) is 0 Å². The number of ketones is 1. The standard InChI is InChI=1S/C16H28N2O3/c1-5-21-15(20)16(2,3)14(19)11-18-9-8-12-6-7-13(10-18)17(12)4/h12-13H,5-11H2,1-4H3. The van der Waals surface area contributed by atoms with Crippen LogP contribution in [-0.2, 0) is 14.3 Å². The van der Waals surface area contributed by atoms with Gasteiger partial charge in [0.05, 0.1) is 13.2 Å². The molecule has 0 aromatic carbocycles. The van der Waals surface area contributed by atoms with Crippen LogP contribution in [0.5, 0.6) is 0 Å². The number of likely N-dealkylation sites (N-methyl/N-ethyl adjacent to an activating group) is 1. The van der Waals surface area contributed by atoms with Crippen molar-refractivity contribution in [1.29, 1.82) is 0 Å². The number of carbonyl (C=O) groups is 2. The van der Waals surface area contributed by atoms with Crippen molar-refractivity contribution in [2.75, 3.05) is 33.3 Å². The van der Waals surface area contributed by atoms with E-state index in [0.717, 1.165) is 19.5 Å². The van der Waals surface area contributed by atoms with Crippen molar-refractivity contribution < 1.29 is 14.3 Å². The summed E-state index contributed by atoms with van der Waals surface area (Å²) in [7, 11) is 2.19. The second kappa shape index (κ2) is 6.44. The minimum atomic E-state index is -1.05. The summed E-state index contributed by atoms with van der Waals surface area (Å²) in [5, 5.41) is 0.